The molecule has 0 radical (unpaired) electrons. The Hall–Kier alpha value is -0.850. The summed E-state index contributed by atoms with van der Waals surface area (Å²) in [6.45, 7) is 0. The molecule has 1 nitrogen and oxygen atoms in total. The lowest BCUT2D eigenvalue weighted by atomic mass is 10.1. The molecule has 0 aliphatic rings. The number of hydrogen-bond acceptors (Lipinski definition) is 1. The Kier molecular flexibility index (Phi) is 3.22. The summed E-state index contributed by atoms with van der Waals surface area (Å²) >= 11 is 2.70. The highest BCUT2D eigenvalue weighted by atomic mass is 79.9. The van der Waals surface area contributed by atoms with E-state index in [0.717, 1.165) is 0 Å². The molecule has 1 rings (SSSR count). The van der Waals surface area contributed by atoms with Gasteiger partial charge in [0.25, 0.3) is 6.43 Å². The number of halogens is 6. The number of benzene rings is 1. The summed E-state index contributed by atoms with van der Waals surface area (Å²) < 4.78 is 61.1. The fraction of sp³-hybridized carbons (Fsp3) is 0.250. The summed E-state index contributed by atoms with van der Waals surface area (Å²) in [7, 11) is 0. The van der Waals surface area contributed by atoms with Gasteiger partial charge in [0.2, 0.25) is 0 Å². The van der Waals surface area contributed by atoms with Gasteiger partial charge in [-0.15, -0.1) is 0 Å². The van der Waals surface area contributed by atoms with E-state index in [9.17, 15) is 22.0 Å². The molecule has 0 amide bonds. The van der Waals surface area contributed by atoms with Crippen LogP contribution >= 0.6 is 15.9 Å². The predicted molar refractivity (Wildman–Crippen MR) is 48.5 cm³/mol. The first-order valence-corrected chi connectivity index (χ1v) is 4.47. The van der Waals surface area contributed by atoms with E-state index in [1.165, 1.54) is 0 Å². The number of nitrogens with two attached hydrogens (primary N) is 1. The van der Waals surface area contributed by atoms with Crippen LogP contribution in [0.3, 0.4) is 0 Å². The zero-order chi connectivity index (χ0) is 11.8. The molecule has 0 aliphatic carbocycles. The van der Waals surface area contributed by atoms with E-state index < -0.39 is 23.7 Å². The molecule has 84 valence electrons. The first-order valence-electron chi connectivity index (χ1n) is 3.67. The van der Waals surface area contributed by atoms with E-state index in [1.807, 2.05) is 0 Å². The van der Waals surface area contributed by atoms with Crippen LogP contribution in [0.15, 0.2) is 16.6 Å². The second-order valence-electron chi connectivity index (χ2n) is 2.76. The smallest absolute Gasteiger partial charge is 0.397 e. The fourth-order valence-corrected chi connectivity index (χ4v) is 1.46. The molecular formula is C8H5BrF5N. The van der Waals surface area contributed by atoms with Gasteiger partial charge in [-0.2, -0.15) is 13.2 Å². The van der Waals surface area contributed by atoms with Crippen LogP contribution < -0.4 is 5.73 Å². The van der Waals surface area contributed by atoms with Crippen molar-refractivity contribution in [3.63, 3.8) is 0 Å². The quantitative estimate of drug-likeness (QED) is 0.614. The Bertz CT molecular complexity index is 374. The van der Waals surface area contributed by atoms with Gasteiger partial charge < -0.3 is 5.73 Å². The molecule has 0 saturated heterocycles. The lowest BCUT2D eigenvalue weighted by Crippen LogP contribution is -2.07. The van der Waals surface area contributed by atoms with Crippen molar-refractivity contribution in [2.75, 3.05) is 5.73 Å². The highest BCUT2D eigenvalue weighted by molar-refractivity contribution is 9.10. The maximum absolute atomic E-state index is 12.3. The van der Waals surface area contributed by atoms with Gasteiger partial charge >= 0.3 is 6.18 Å². The zero-order valence-corrected chi connectivity index (χ0v) is 8.66. The normalized spacial score (nSPS) is 12.2. The molecule has 15 heavy (non-hydrogen) atoms. The maximum atomic E-state index is 12.3. The topological polar surface area (TPSA) is 26.0 Å². The molecule has 7 heteroatoms. The molecule has 0 atom stereocenters. The number of anilines is 1. The second kappa shape index (κ2) is 3.96. The SMILES string of the molecule is Nc1c(Br)cc(C(F)(F)F)cc1C(F)F. The third-order valence-corrected chi connectivity index (χ3v) is 2.38. The van der Waals surface area contributed by atoms with Crippen molar-refractivity contribution < 1.29 is 22.0 Å². The van der Waals surface area contributed by atoms with Crippen LogP contribution in [0.5, 0.6) is 0 Å². The summed E-state index contributed by atoms with van der Waals surface area (Å²) in [4.78, 5) is 0. The minimum Gasteiger partial charge on any atom is -0.397 e. The van der Waals surface area contributed by atoms with Gasteiger partial charge in [-0.25, -0.2) is 8.78 Å². The molecule has 0 spiro atoms. The number of alkyl halides is 5. The number of nitrogen functional groups attached to an aromatic ring is 1. The summed E-state index contributed by atoms with van der Waals surface area (Å²) in [5.74, 6) is 0. The van der Waals surface area contributed by atoms with E-state index in [4.69, 9.17) is 5.73 Å². The average Bonchev–Trinajstić information content (AvgIpc) is 2.06. The fourth-order valence-electron chi connectivity index (χ4n) is 0.983. The standard InChI is InChI=1S/C8H5BrF5N/c9-5-2-3(8(12,13)14)1-4(6(5)15)7(10)11/h1-2,7H,15H2. The monoisotopic (exact) mass is 289 g/mol. The van der Waals surface area contributed by atoms with Gasteiger partial charge in [0.15, 0.2) is 0 Å². The van der Waals surface area contributed by atoms with E-state index in [2.05, 4.69) is 15.9 Å². The number of rotatable bonds is 1. The van der Waals surface area contributed by atoms with Crippen LogP contribution in [0.2, 0.25) is 0 Å². The summed E-state index contributed by atoms with van der Waals surface area (Å²) in [6.07, 6.45) is -7.71. The van der Waals surface area contributed by atoms with E-state index in [0.29, 0.717) is 12.1 Å². The van der Waals surface area contributed by atoms with Gasteiger partial charge in [-0.05, 0) is 28.1 Å². The van der Waals surface area contributed by atoms with Gasteiger partial charge in [-0.1, -0.05) is 0 Å². The van der Waals surface area contributed by atoms with Crippen molar-refractivity contribution in [2.24, 2.45) is 0 Å². The van der Waals surface area contributed by atoms with Crippen LogP contribution in [-0.2, 0) is 6.18 Å². The molecule has 0 fully saturated rings. The Morgan fingerprint density at radius 2 is 1.73 bits per heavy atom. The second-order valence-corrected chi connectivity index (χ2v) is 3.61. The molecule has 0 bridgehead atoms. The molecule has 0 heterocycles. The summed E-state index contributed by atoms with van der Waals surface area (Å²) in [6, 6.07) is 1.02. The Morgan fingerprint density at radius 1 is 1.20 bits per heavy atom. The van der Waals surface area contributed by atoms with Crippen LogP contribution in [-0.4, -0.2) is 0 Å². The molecule has 1 aromatic rings. The molecule has 0 unspecified atom stereocenters. The number of hydrogen-bond donors (Lipinski definition) is 1. The predicted octanol–water partition coefficient (Wildman–Crippen LogP) is 3.99. The lowest BCUT2D eigenvalue weighted by Gasteiger charge is -2.12. The van der Waals surface area contributed by atoms with Crippen LogP contribution in [0.25, 0.3) is 0 Å². The van der Waals surface area contributed by atoms with Crippen LogP contribution in [0.4, 0.5) is 27.6 Å². The minimum atomic E-state index is -4.67. The molecule has 1 aromatic carbocycles. The van der Waals surface area contributed by atoms with Gasteiger partial charge in [0, 0.05) is 10.0 Å². The van der Waals surface area contributed by atoms with Crippen molar-refractivity contribution in [1.29, 1.82) is 0 Å². The Morgan fingerprint density at radius 3 is 2.13 bits per heavy atom. The lowest BCUT2D eigenvalue weighted by molar-refractivity contribution is -0.137. The zero-order valence-electron chi connectivity index (χ0n) is 7.08. The van der Waals surface area contributed by atoms with E-state index in [-0.39, 0.29) is 10.2 Å². The third-order valence-electron chi connectivity index (χ3n) is 1.72. The van der Waals surface area contributed by atoms with Crippen molar-refractivity contribution in [3.8, 4) is 0 Å². The van der Waals surface area contributed by atoms with Gasteiger partial charge in [-0.3, -0.25) is 0 Å². The first-order chi connectivity index (χ1) is 6.73. The Balaban J connectivity index is 3.36. The Labute approximate surface area is 90.2 Å². The highest BCUT2D eigenvalue weighted by Gasteiger charge is 2.32. The minimum absolute atomic E-state index is 0.187. The third kappa shape index (κ3) is 2.58. The molecule has 0 aromatic heterocycles. The highest BCUT2D eigenvalue weighted by Crippen LogP contribution is 2.38. The van der Waals surface area contributed by atoms with Crippen LogP contribution in [0.1, 0.15) is 17.6 Å². The summed E-state index contributed by atoms with van der Waals surface area (Å²) in [5, 5.41) is 0. The average molecular weight is 290 g/mol. The maximum Gasteiger partial charge on any atom is 0.416 e. The molecule has 0 saturated carbocycles. The van der Waals surface area contributed by atoms with Crippen molar-refractivity contribution in [2.45, 2.75) is 12.6 Å². The van der Waals surface area contributed by atoms with Crippen molar-refractivity contribution in [1.82, 2.24) is 0 Å². The van der Waals surface area contributed by atoms with E-state index >= 15 is 0 Å². The summed E-state index contributed by atoms with van der Waals surface area (Å²) in [5.41, 5.74) is 2.85. The van der Waals surface area contributed by atoms with Crippen molar-refractivity contribution >= 4 is 21.6 Å². The van der Waals surface area contributed by atoms with Crippen LogP contribution in [0, 0.1) is 0 Å². The largest absolute Gasteiger partial charge is 0.416 e. The van der Waals surface area contributed by atoms with E-state index in [1.54, 1.807) is 0 Å². The van der Waals surface area contributed by atoms with Gasteiger partial charge in [0.05, 0.1) is 11.3 Å². The van der Waals surface area contributed by atoms with Crippen molar-refractivity contribution in [3.05, 3.63) is 27.7 Å². The molecule has 0 aliphatic heterocycles. The first kappa shape index (κ1) is 12.2. The molecular weight excluding hydrogens is 285 g/mol. The van der Waals surface area contributed by atoms with Gasteiger partial charge in [0.1, 0.15) is 0 Å². The molecule has 2 N–H and O–H groups in total.